The summed E-state index contributed by atoms with van der Waals surface area (Å²) < 4.78 is 0.974. The molecule has 5 nitrogen and oxygen atoms in total. The van der Waals surface area contributed by atoms with Crippen molar-refractivity contribution in [3.05, 3.63) is 75.7 Å². The topological polar surface area (TPSA) is 62.3 Å². The van der Waals surface area contributed by atoms with Gasteiger partial charge in [-0.05, 0) is 29.3 Å². The van der Waals surface area contributed by atoms with E-state index in [1.54, 1.807) is 11.1 Å². The van der Waals surface area contributed by atoms with Crippen LogP contribution in [-0.4, -0.2) is 21.7 Å². The van der Waals surface area contributed by atoms with Crippen LogP contribution in [0.1, 0.15) is 30.5 Å². The van der Waals surface area contributed by atoms with Crippen molar-refractivity contribution in [3.63, 3.8) is 0 Å². The van der Waals surface area contributed by atoms with Gasteiger partial charge in [0.1, 0.15) is 0 Å². The summed E-state index contributed by atoms with van der Waals surface area (Å²) in [5, 5.41) is 5.33. The van der Waals surface area contributed by atoms with Crippen molar-refractivity contribution in [2.75, 3.05) is 5.32 Å². The summed E-state index contributed by atoms with van der Waals surface area (Å²) in [7, 11) is 0. The van der Waals surface area contributed by atoms with Gasteiger partial charge in [0.05, 0.1) is 18.2 Å². The SMILES string of the molecule is CC(=O)N1C=Cc2ccccc2C1CC(=O)Nc1nc(-c2cccc(Br)c2)cs1. The molecule has 1 aliphatic rings. The maximum atomic E-state index is 12.7. The predicted octanol–water partition coefficient (Wildman–Crippen LogP) is 5.48. The molecule has 1 atom stereocenters. The Labute approximate surface area is 181 Å². The molecule has 2 aromatic carbocycles. The first-order valence-corrected chi connectivity index (χ1v) is 10.8. The van der Waals surface area contributed by atoms with Crippen LogP contribution in [0.25, 0.3) is 17.3 Å². The Morgan fingerprint density at radius 3 is 2.83 bits per heavy atom. The highest BCUT2D eigenvalue weighted by molar-refractivity contribution is 9.10. The van der Waals surface area contributed by atoms with E-state index in [-0.39, 0.29) is 24.3 Å². The summed E-state index contributed by atoms with van der Waals surface area (Å²) in [6, 6.07) is 15.3. The molecule has 1 aromatic heterocycles. The minimum atomic E-state index is -0.335. The summed E-state index contributed by atoms with van der Waals surface area (Å²) in [6.45, 7) is 1.51. The summed E-state index contributed by atoms with van der Waals surface area (Å²) in [5.41, 5.74) is 3.77. The molecular weight excluding hydrogens is 450 g/mol. The second-order valence-electron chi connectivity index (χ2n) is 6.69. The molecule has 7 heteroatoms. The van der Waals surface area contributed by atoms with Crippen molar-refractivity contribution in [3.8, 4) is 11.3 Å². The lowest BCUT2D eigenvalue weighted by molar-refractivity contribution is -0.129. The fraction of sp³-hybridized carbons (Fsp3) is 0.136. The van der Waals surface area contributed by atoms with Gasteiger partial charge in [0.15, 0.2) is 5.13 Å². The van der Waals surface area contributed by atoms with Gasteiger partial charge in [0.25, 0.3) is 0 Å². The van der Waals surface area contributed by atoms with E-state index >= 15 is 0 Å². The number of thiazole rings is 1. The second-order valence-corrected chi connectivity index (χ2v) is 8.46. The number of fused-ring (bicyclic) bond motifs is 1. The quantitative estimate of drug-likeness (QED) is 0.552. The number of amides is 2. The van der Waals surface area contributed by atoms with Gasteiger partial charge < -0.3 is 10.2 Å². The first-order chi connectivity index (χ1) is 14.0. The third-order valence-electron chi connectivity index (χ3n) is 4.72. The van der Waals surface area contributed by atoms with Crippen molar-refractivity contribution in [1.29, 1.82) is 0 Å². The Hall–Kier alpha value is -2.77. The minimum Gasteiger partial charge on any atom is -0.311 e. The molecule has 4 rings (SSSR count). The lowest BCUT2D eigenvalue weighted by atomic mass is 9.93. The molecule has 1 N–H and O–H groups in total. The van der Waals surface area contributed by atoms with Crippen molar-refractivity contribution >= 4 is 50.3 Å². The molecule has 0 saturated carbocycles. The second kappa shape index (κ2) is 8.31. The standard InChI is InChI=1S/C22H18BrN3O2S/c1-14(27)26-10-9-15-5-2-3-8-18(15)20(26)12-21(28)25-22-24-19(13-29-22)16-6-4-7-17(23)11-16/h2-11,13,20H,12H2,1H3,(H,24,25,28). The van der Waals surface area contributed by atoms with E-state index in [0.29, 0.717) is 5.13 Å². The van der Waals surface area contributed by atoms with Gasteiger partial charge in [-0.15, -0.1) is 11.3 Å². The zero-order valence-corrected chi connectivity index (χ0v) is 18.0. The van der Waals surface area contributed by atoms with E-state index in [1.807, 2.05) is 60.0 Å². The Bertz CT molecular complexity index is 1110. The van der Waals surface area contributed by atoms with Crippen LogP contribution in [0.15, 0.2) is 64.6 Å². The molecule has 0 saturated heterocycles. The molecule has 146 valence electrons. The first kappa shape index (κ1) is 19.5. The maximum Gasteiger partial charge on any atom is 0.228 e. The highest BCUT2D eigenvalue weighted by Crippen LogP contribution is 2.33. The molecule has 0 spiro atoms. The smallest absolute Gasteiger partial charge is 0.228 e. The number of benzene rings is 2. The molecule has 0 bridgehead atoms. The van der Waals surface area contributed by atoms with Crippen LogP contribution in [0.5, 0.6) is 0 Å². The number of nitrogens with zero attached hydrogens (tertiary/aromatic N) is 2. The molecule has 1 unspecified atom stereocenters. The van der Waals surface area contributed by atoms with E-state index in [0.717, 1.165) is 26.9 Å². The Kier molecular flexibility index (Phi) is 5.60. The van der Waals surface area contributed by atoms with E-state index in [4.69, 9.17) is 0 Å². The molecule has 0 aliphatic carbocycles. The van der Waals surface area contributed by atoms with Gasteiger partial charge in [0, 0.05) is 28.5 Å². The number of rotatable bonds is 4. The fourth-order valence-corrected chi connectivity index (χ4v) is 4.51. The van der Waals surface area contributed by atoms with Crippen molar-refractivity contribution in [2.24, 2.45) is 0 Å². The number of hydrogen-bond acceptors (Lipinski definition) is 4. The Morgan fingerprint density at radius 2 is 2.03 bits per heavy atom. The van der Waals surface area contributed by atoms with Gasteiger partial charge in [-0.25, -0.2) is 4.98 Å². The normalized spacial score (nSPS) is 15.1. The number of hydrogen-bond donors (Lipinski definition) is 1. The summed E-state index contributed by atoms with van der Waals surface area (Å²) in [4.78, 5) is 31.0. The molecule has 29 heavy (non-hydrogen) atoms. The Morgan fingerprint density at radius 1 is 1.21 bits per heavy atom. The van der Waals surface area contributed by atoms with Crippen LogP contribution in [0.4, 0.5) is 5.13 Å². The molecule has 2 amide bonds. The molecule has 0 fully saturated rings. The van der Waals surface area contributed by atoms with Gasteiger partial charge in [-0.2, -0.15) is 0 Å². The van der Waals surface area contributed by atoms with Gasteiger partial charge in [0.2, 0.25) is 11.8 Å². The molecule has 1 aliphatic heterocycles. The zero-order chi connectivity index (χ0) is 20.4. The molecule has 0 radical (unpaired) electrons. The third kappa shape index (κ3) is 4.31. The first-order valence-electron chi connectivity index (χ1n) is 9.08. The van der Waals surface area contributed by atoms with E-state index < -0.39 is 0 Å². The fourth-order valence-electron chi connectivity index (χ4n) is 3.37. The number of anilines is 1. The third-order valence-corrected chi connectivity index (χ3v) is 5.97. The van der Waals surface area contributed by atoms with Crippen molar-refractivity contribution in [1.82, 2.24) is 9.88 Å². The van der Waals surface area contributed by atoms with Crippen LogP contribution < -0.4 is 5.32 Å². The average Bonchev–Trinajstić information content (AvgIpc) is 3.16. The van der Waals surface area contributed by atoms with Crippen LogP contribution >= 0.6 is 27.3 Å². The van der Waals surface area contributed by atoms with Crippen LogP contribution in [0, 0.1) is 0 Å². The zero-order valence-electron chi connectivity index (χ0n) is 15.6. The lowest BCUT2D eigenvalue weighted by Gasteiger charge is -2.32. The van der Waals surface area contributed by atoms with E-state index in [1.165, 1.54) is 18.3 Å². The van der Waals surface area contributed by atoms with Crippen LogP contribution in [0.2, 0.25) is 0 Å². The van der Waals surface area contributed by atoms with Crippen LogP contribution in [-0.2, 0) is 9.59 Å². The minimum absolute atomic E-state index is 0.0975. The lowest BCUT2D eigenvalue weighted by Crippen LogP contribution is -2.33. The molecular formula is C22H18BrN3O2S. The van der Waals surface area contributed by atoms with Gasteiger partial charge in [-0.1, -0.05) is 52.3 Å². The molecule has 2 heterocycles. The molecule has 3 aromatic rings. The number of carbonyl (C=O) groups excluding carboxylic acids is 2. The van der Waals surface area contributed by atoms with Gasteiger partial charge >= 0.3 is 0 Å². The Balaban J connectivity index is 1.51. The number of aromatic nitrogens is 1. The summed E-state index contributed by atoms with van der Waals surface area (Å²) in [5.74, 6) is -0.277. The summed E-state index contributed by atoms with van der Waals surface area (Å²) in [6.07, 6.45) is 3.81. The van der Waals surface area contributed by atoms with E-state index in [9.17, 15) is 9.59 Å². The monoisotopic (exact) mass is 467 g/mol. The number of carbonyl (C=O) groups is 2. The summed E-state index contributed by atoms with van der Waals surface area (Å²) >= 11 is 4.84. The largest absolute Gasteiger partial charge is 0.311 e. The van der Waals surface area contributed by atoms with Gasteiger partial charge in [-0.3, -0.25) is 9.59 Å². The highest BCUT2D eigenvalue weighted by Gasteiger charge is 2.28. The number of halogens is 1. The highest BCUT2D eigenvalue weighted by atomic mass is 79.9. The average molecular weight is 468 g/mol. The maximum absolute atomic E-state index is 12.7. The van der Waals surface area contributed by atoms with Crippen molar-refractivity contribution < 1.29 is 9.59 Å². The van der Waals surface area contributed by atoms with E-state index in [2.05, 4.69) is 26.2 Å². The predicted molar refractivity (Wildman–Crippen MR) is 119 cm³/mol. The van der Waals surface area contributed by atoms with Crippen molar-refractivity contribution in [2.45, 2.75) is 19.4 Å². The van der Waals surface area contributed by atoms with Crippen LogP contribution in [0.3, 0.4) is 0 Å². The number of nitrogens with one attached hydrogen (secondary N) is 1.